The van der Waals surface area contributed by atoms with Crippen molar-refractivity contribution < 1.29 is 14.3 Å². The van der Waals surface area contributed by atoms with E-state index in [1.54, 1.807) is 12.1 Å². The molecule has 1 amide bonds. The van der Waals surface area contributed by atoms with Crippen molar-refractivity contribution in [2.45, 2.75) is 0 Å². The molecule has 0 aliphatic carbocycles. The lowest BCUT2D eigenvalue weighted by Crippen LogP contribution is -2.33. The van der Waals surface area contributed by atoms with E-state index >= 15 is 0 Å². The zero-order valence-corrected chi connectivity index (χ0v) is 10.5. The van der Waals surface area contributed by atoms with E-state index in [0.29, 0.717) is 0 Å². The van der Waals surface area contributed by atoms with Crippen LogP contribution in [0, 0.1) is 0 Å². The lowest BCUT2D eigenvalue weighted by molar-refractivity contribution is -0.141. The molecule has 1 aromatic heterocycles. The first-order valence-electron chi connectivity index (χ1n) is 4.48. The van der Waals surface area contributed by atoms with Crippen molar-refractivity contribution in [2.75, 3.05) is 20.7 Å². The van der Waals surface area contributed by atoms with Gasteiger partial charge < -0.3 is 9.64 Å². The predicted octanol–water partition coefficient (Wildman–Crippen LogP) is 1.09. The normalized spacial score (nSPS) is 9.69. The van der Waals surface area contributed by atoms with Crippen molar-refractivity contribution in [3.05, 3.63) is 28.5 Å². The molecule has 1 rings (SSSR count). The Morgan fingerprint density at radius 1 is 1.50 bits per heavy atom. The molecule has 0 N–H and O–H groups in total. The molecule has 6 heteroatoms. The molecule has 0 bridgehead atoms. The van der Waals surface area contributed by atoms with Gasteiger partial charge >= 0.3 is 5.97 Å². The van der Waals surface area contributed by atoms with Crippen LogP contribution in [0.4, 0.5) is 0 Å². The molecule has 1 aromatic rings. The van der Waals surface area contributed by atoms with E-state index in [2.05, 4.69) is 25.7 Å². The van der Waals surface area contributed by atoms with Gasteiger partial charge in [0.2, 0.25) is 0 Å². The number of aromatic nitrogens is 1. The summed E-state index contributed by atoms with van der Waals surface area (Å²) in [5.74, 6) is -0.786. The second kappa shape index (κ2) is 5.60. The first-order valence-corrected chi connectivity index (χ1v) is 5.27. The van der Waals surface area contributed by atoms with E-state index in [1.165, 1.54) is 25.3 Å². The highest BCUT2D eigenvalue weighted by Crippen LogP contribution is 2.08. The SMILES string of the molecule is COC(=O)CN(C)C(=O)c1ccc(Br)cn1. The number of methoxy groups -OCH3 is 1. The predicted molar refractivity (Wildman–Crippen MR) is 60.9 cm³/mol. The number of ether oxygens (including phenoxy) is 1. The van der Waals surface area contributed by atoms with Gasteiger partial charge in [-0.15, -0.1) is 0 Å². The first-order chi connectivity index (χ1) is 7.54. The van der Waals surface area contributed by atoms with Gasteiger partial charge in [0.1, 0.15) is 12.2 Å². The fourth-order valence-electron chi connectivity index (χ4n) is 1.03. The van der Waals surface area contributed by atoms with E-state index in [4.69, 9.17) is 0 Å². The topological polar surface area (TPSA) is 59.5 Å². The van der Waals surface area contributed by atoms with Gasteiger partial charge in [-0.3, -0.25) is 9.59 Å². The lowest BCUT2D eigenvalue weighted by Gasteiger charge is -2.14. The number of halogens is 1. The van der Waals surface area contributed by atoms with E-state index in [-0.39, 0.29) is 18.1 Å². The standard InChI is InChI=1S/C10H11BrN2O3/c1-13(6-9(14)16-2)10(15)8-4-3-7(11)5-12-8/h3-5H,6H2,1-2H3. The van der Waals surface area contributed by atoms with Gasteiger partial charge in [-0.25, -0.2) is 4.98 Å². The van der Waals surface area contributed by atoms with Crippen molar-refractivity contribution in [1.82, 2.24) is 9.88 Å². The number of carbonyl (C=O) groups excluding carboxylic acids is 2. The van der Waals surface area contributed by atoms with Crippen molar-refractivity contribution in [3.8, 4) is 0 Å². The summed E-state index contributed by atoms with van der Waals surface area (Å²) < 4.78 is 5.26. The van der Waals surface area contributed by atoms with Crippen molar-refractivity contribution in [3.63, 3.8) is 0 Å². The summed E-state index contributed by atoms with van der Waals surface area (Å²) in [5.41, 5.74) is 0.287. The average Bonchev–Trinajstić information content (AvgIpc) is 2.28. The Labute approximate surface area is 102 Å². The number of amides is 1. The molecular formula is C10H11BrN2O3. The summed E-state index contributed by atoms with van der Waals surface area (Å²) in [7, 11) is 2.79. The molecule has 0 unspecified atom stereocenters. The van der Waals surface area contributed by atoms with Gasteiger partial charge in [0.15, 0.2) is 0 Å². The van der Waals surface area contributed by atoms with Crippen LogP contribution in [0.25, 0.3) is 0 Å². The van der Waals surface area contributed by atoms with Crippen LogP contribution in [-0.2, 0) is 9.53 Å². The summed E-state index contributed by atoms with van der Waals surface area (Å²) in [5, 5.41) is 0. The Morgan fingerprint density at radius 2 is 2.19 bits per heavy atom. The minimum absolute atomic E-state index is 0.0902. The molecule has 16 heavy (non-hydrogen) atoms. The van der Waals surface area contributed by atoms with E-state index in [9.17, 15) is 9.59 Å². The minimum atomic E-state index is -0.465. The fraction of sp³-hybridized carbons (Fsp3) is 0.300. The Hall–Kier alpha value is -1.43. The zero-order chi connectivity index (χ0) is 12.1. The van der Waals surface area contributed by atoms with E-state index in [0.717, 1.165) is 4.47 Å². The number of pyridine rings is 1. The highest BCUT2D eigenvalue weighted by Gasteiger charge is 2.15. The highest BCUT2D eigenvalue weighted by atomic mass is 79.9. The third-order valence-corrected chi connectivity index (χ3v) is 2.36. The number of hydrogen-bond donors (Lipinski definition) is 0. The van der Waals surface area contributed by atoms with E-state index < -0.39 is 5.97 Å². The molecule has 0 spiro atoms. The van der Waals surface area contributed by atoms with Crippen LogP contribution in [0.1, 0.15) is 10.5 Å². The Morgan fingerprint density at radius 3 is 2.69 bits per heavy atom. The number of hydrogen-bond acceptors (Lipinski definition) is 4. The monoisotopic (exact) mass is 286 g/mol. The zero-order valence-electron chi connectivity index (χ0n) is 8.94. The summed E-state index contributed by atoms with van der Waals surface area (Å²) >= 11 is 3.22. The summed E-state index contributed by atoms with van der Waals surface area (Å²) in [6.45, 7) is -0.0902. The van der Waals surface area contributed by atoms with E-state index in [1.807, 2.05) is 0 Å². The Bertz CT molecular complexity index is 392. The maximum absolute atomic E-state index is 11.7. The van der Waals surface area contributed by atoms with Crippen molar-refractivity contribution >= 4 is 27.8 Å². The molecule has 0 saturated carbocycles. The molecule has 1 heterocycles. The number of rotatable bonds is 3. The number of likely N-dealkylation sites (N-methyl/N-ethyl adjacent to an activating group) is 1. The third kappa shape index (κ3) is 3.30. The van der Waals surface area contributed by atoms with Crippen LogP contribution in [0.3, 0.4) is 0 Å². The van der Waals surface area contributed by atoms with Gasteiger partial charge in [-0.1, -0.05) is 0 Å². The maximum atomic E-state index is 11.7. The largest absolute Gasteiger partial charge is 0.468 e. The van der Waals surface area contributed by atoms with Crippen LogP contribution < -0.4 is 0 Å². The van der Waals surface area contributed by atoms with Crippen LogP contribution in [-0.4, -0.2) is 42.5 Å². The molecule has 86 valence electrons. The quantitative estimate of drug-likeness (QED) is 0.781. The Balaban J connectivity index is 2.70. The fourth-order valence-corrected chi connectivity index (χ4v) is 1.26. The van der Waals surface area contributed by atoms with Crippen molar-refractivity contribution in [2.24, 2.45) is 0 Å². The van der Waals surface area contributed by atoms with Gasteiger partial charge in [-0.05, 0) is 28.1 Å². The molecule has 5 nitrogen and oxygen atoms in total. The highest BCUT2D eigenvalue weighted by molar-refractivity contribution is 9.10. The molecule has 0 radical (unpaired) electrons. The second-order valence-electron chi connectivity index (χ2n) is 3.10. The number of carbonyl (C=O) groups is 2. The summed E-state index contributed by atoms with van der Waals surface area (Å²) in [6, 6.07) is 3.30. The second-order valence-corrected chi connectivity index (χ2v) is 4.01. The maximum Gasteiger partial charge on any atom is 0.325 e. The Kier molecular flexibility index (Phi) is 4.42. The van der Waals surface area contributed by atoms with Gasteiger partial charge in [0.05, 0.1) is 7.11 Å². The van der Waals surface area contributed by atoms with Crippen LogP contribution in [0.5, 0.6) is 0 Å². The molecule has 0 aliphatic heterocycles. The minimum Gasteiger partial charge on any atom is -0.468 e. The molecule has 0 atom stereocenters. The average molecular weight is 287 g/mol. The van der Waals surface area contributed by atoms with Crippen LogP contribution in [0.2, 0.25) is 0 Å². The molecule has 0 saturated heterocycles. The lowest BCUT2D eigenvalue weighted by atomic mass is 10.3. The third-order valence-electron chi connectivity index (χ3n) is 1.89. The first kappa shape index (κ1) is 12.6. The molecule has 0 fully saturated rings. The number of esters is 1. The van der Waals surface area contributed by atoms with Crippen molar-refractivity contribution in [1.29, 1.82) is 0 Å². The van der Waals surface area contributed by atoms with Gasteiger partial charge in [0.25, 0.3) is 5.91 Å². The smallest absolute Gasteiger partial charge is 0.325 e. The summed E-state index contributed by atoms with van der Waals surface area (Å²) in [4.78, 5) is 27.9. The van der Waals surface area contributed by atoms with Gasteiger partial charge in [0, 0.05) is 17.7 Å². The van der Waals surface area contributed by atoms with Crippen LogP contribution >= 0.6 is 15.9 Å². The number of nitrogens with zero attached hydrogens (tertiary/aromatic N) is 2. The molecule has 0 aliphatic rings. The van der Waals surface area contributed by atoms with Crippen LogP contribution in [0.15, 0.2) is 22.8 Å². The summed E-state index contributed by atoms with van der Waals surface area (Å²) in [6.07, 6.45) is 1.53. The van der Waals surface area contributed by atoms with Gasteiger partial charge in [-0.2, -0.15) is 0 Å². The molecule has 0 aromatic carbocycles. The molecular weight excluding hydrogens is 276 g/mol.